The predicted molar refractivity (Wildman–Crippen MR) is 77.2 cm³/mol. The number of aromatic nitrogens is 2. The molecule has 1 heterocycles. The molecule has 1 aromatic carbocycles. The first-order chi connectivity index (χ1) is 8.65. The normalized spacial score (nSPS) is 12.8. The van der Waals surface area contributed by atoms with Gasteiger partial charge in [-0.15, -0.1) is 0 Å². The summed E-state index contributed by atoms with van der Waals surface area (Å²) in [5, 5.41) is 0. The summed E-state index contributed by atoms with van der Waals surface area (Å²) in [5.41, 5.74) is 1.97. The number of imidazole rings is 1. The lowest BCUT2D eigenvalue weighted by Crippen LogP contribution is -2.08. The highest BCUT2D eigenvalue weighted by Gasteiger charge is 2.06. The fourth-order valence-corrected chi connectivity index (χ4v) is 2.79. The standard InChI is InChI=1S/C12H16N2O2S2/c1-3-18(15)7-6-14-11-8-9(16-2)4-5-10(11)13-12(14)17/h4-5,8H,3,6-7H2,1-2H3,(H,13,17). The fourth-order valence-electron chi connectivity index (χ4n) is 1.82. The number of benzene rings is 1. The monoisotopic (exact) mass is 284 g/mol. The van der Waals surface area contributed by atoms with E-state index in [1.165, 1.54) is 0 Å². The molecule has 0 amide bonds. The zero-order valence-corrected chi connectivity index (χ0v) is 12.1. The van der Waals surface area contributed by atoms with Crippen molar-refractivity contribution >= 4 is 34.1 Å². The van der Waals surface area contributed by atoms with Gasteiger partial charge in [-0.05, 0) is 24.4 Å². The Labute approximate surface area is 113 Å². The van der Waals surface area contributed by atoms with E-state index in [0.717, 1.165) is 16.8 Å². The maximum atomic E-state index is 11.5. The van der Waals surface area contributed by atoms with Gasteiger partial charge in [0.15, 0.2) is 4.77 Å². The van der Waals surface area contributed by atoms with Crippen molar-refractivity contribution in [1.82, 2.24) is 9.55 Å². The van der Waals surface area contributed by atoms with Crippen molar-refractivity contribution in [3.63, 3.8) is 0 Å². The van der Waals surface area contributed by atoms with E-state index < -0.39 is 10.8 Å². The van der Waals surface area contributed by atoms with Crippen LogP contribution in [0.1, 0.15) is 6.92 Å². The first-order valence-electron chi connectivity index (χ1n) is 5.77. The van der Waals surface area contributed by atoms with E-state index in [1.807, 2.05) is 29.7 Å². The van der Waals surface area contributed by atoms with Gasteiger partial charge in [0.05, 0.1) is 18.1 Å². The number of nitrogens with zero attached hydrogens (tertiary/aromatic N) is 1. The van der Waals surface area contributed by atoms with Crippen LogP contribution in [-0.2, 0) is 17.3 Å². The van der Waals surface area contributed by atoms with Gasteiger partial charge in [-0.3, -0.25) is 4.21 Å². The highest BCUT2D eigenvalue weighted by Crippen LogP contribution is 2.20. The Hall–Kier alpha value is -1.14. The van der Waals surface area contributed by atoms with E-state index in [9.17, 15) is 4.21 Å². The molecule has 1 unspecified atom stereocenters. The first kappa shape index (κ1) is 13.3. The third kappa shape index (κ3) is 2.64. The van der Waals surface area contributed by atoms with E-state index in [-0.39, 0.29) is 0 Å². The van der Waals surface area contributed by atoms with E-state index in [1.54, 1.807) is 7.11 Å². The number of H-pyrrole nitrogens is 1. The molecule has 0 radical (unpaired) electrons. The minimum absolute atomic E-state index is 0.620. The summed E-state index contributed by atoms with van der Waals surface area (Å²) in [6, 6.07) is 5.77. The Morgan fingerprint density at radius 3 is 2.94 bits per heavy atom. The van der Waals surface area contributed by atoms with Crippen molar-refractivity contribution in [2.24, 2.45) is 0 Å². The number of aromatic amines is 1. The quantitative estimate of drug-likeness (QED) is 0.858. The lowest BCUT2D eigenvalue weighted by molar-refractivity contribution is 0.415. The lowest BCUT2D eigenvalue weighted by atomic mass is 10.3. The summed E-state index contributed by atoms with van der Waals surface area (Å²) >= 11 is 5.29. The van der Waals surface area contributed by atoms with Crippen molar-refractivity contribution in [2.75, 3.05) is 18.6 Å². The van der Waals surface area contributed by atoms with Crippen LogP contribution in [0.4, 0.5) is 0 Å². The molecule has 0 saturated carbocycles. The molecule has 0 saturated heterocycles. The predicted octanol–water partition coefficient (Wildman–Crippen LogP) is 2.48. The van der Waals surface area contributed by atoms with E-state index in [0.29, 0.717) is 22.8 Å². The molecule has 1 aromatic heterocycles. The SMILES string of the molecule is CCS(=O)CCn1c(=S)[nH]c2ccc(OC)cc21. The van der Waals surface area contributed by atoms with Gasteiger partial charge in [-0.1, -0.05) is 6.92 Å². The minimum atomic E-state index is -0.782. The Kier molecular flexibility index (Phi) is 4.19. The Morgan fingerprint density at radius 1 is 1.50 bits per heavy atom. The van der Waals surface area contributed by atoms with Gasteiger partial charge in [0, 0.05) is 34.9 Å². The Morgan fingerprint density at radius 2 is 2.28 bits per heavy atom. The first-order valence-corrected chi connectivity index (χ1v) is 7.67. The van der Waals surface area contributed by atoms with Crippen LogP contribution in [-0.4, -0.2) is 32.4 Å². The van der Waals surface area contributed by atoms with E-state index in [2.05, 4.69) is 4.98 Å². The Balaban J connectivity index is 2.39. The molecule has 1 N–H and O–H groups in total. The maximum Gasteiger partial charge on any atom is 0.178 e. The van der Waals surface area contributed by atoms with Crippen LogP contribution in [0, 0.1) is 4.77 Å². The van der Waals surface area contributed by atoms with Crippen LogP contribution in [0.25, 0.3) is 11.0 Å². The van der Waals surface area contributed by atoms with Crippen LogP contribution in [0.2, 0.25) is 0 Å². The minimum Gasteiger partial charge on any atom is -0.497 e. The molecule has 0 aliphatic rings. The molecule has 98 valence electrons. The molecule has 0 fully saturated rings. The molecule has 4 nitrogen and oxygen atoms in total. The molecule has 6 heteroatoms. The summed E-state index contributed by atoms with van der Waals surface area (Å²) in [7, 11) is 0.856. The highest BCUT2D eigenvalue weighted by molar-refractivity contribution is 7.84. The van der Waals surface area contributed by atoms with Gasteiger partial charge in [0.25, 0.3) is 0 Å². The summed E-state index contributed by atoms with van der Waals surface area (Å²) < 4.78 is 19.4. The van der Waals surface area contributed by atoms with Gasteiger partial charge in [-0.25, -0.2) is 0 Å². The number of rotatable bonds is 5. The van der Waals surface area contributed by atoms with Crippen LogP contribution >= 0.6 is 12.2 Å². The number of hydrogen-bond acceptors (Lipinski definition) is 3. The van der Waals surface area contributed by atoms with Gasteiger partial charge in [-0.2, -0.15) is 0 Å². The molecule has 0 bridgehead atoms. The van der Waals surface area contributed by atoms with Crippen molar-refractivity contribution in [3.05, 3.63) is 23.0 Å². The van der Waals surface area contributed by atoms with Crippen LogP contribution in [0.5, 0.6) is 5.75 Å². The second-order valence-electron chi connectivity index (χ2n) is 3.90. The Bertz CT molecular complexity index is 631. The molecule has 0 aliphatic carbocycles. The number of methoxy groups -OCH3 is 1. The van der Waals surface area contributed by atoms with E-state index >= 15 is 0 Å². The molecule has 0 spiro atoms. The summed E-state index contributed by atoms with van der Waals surface area (Å²) in [6.45, 7) is 2.58. The van der Waals surface area contributed by atoms with E-state index in [4.69, 9.17) is 17.0 Å². The van der Waals surface area contributed by atoms with Crippen LogP contribution in [0.15, 0.2) is 18.2 Å². The molecule has 1 atom stereocenters. The number of fused-ring (bicyclic) bond motifs is 1. The molecular weight excluding hydrogens is 268 g/mol. The third-order valence-electron chi connectivity index (χ3n) is 2.85. The van der Waals surface area contributed by atoms with Gasteiger partial charge < -0.3 is 14.3 Å². The van der Waals surface area contributed by atoms with Crippen molar-refractivity contribution in [1.29, 1.82) is 0 Å². The summed E-state index contributed by atoms with van der Waals surface area (Å²) in [4.78, 5) is 3.14. The number of nitrogens with one attached hydrogen (secondary N) is 1. The molecular formula is C12H16N2O2S2. The van der Waals surface area contributed by atoms with Crippen molar-refractivity contribution < 1.29 is 8.95 Å². The smallest absolute Gasteiger partial charge is 0.178 e. The third-order valence-corrected chi connectivity index (χ3v) is 4.45. The number of ether oxygens (including phenoxy) is 1. The van der Waals surface area contributed by atoms with Gasteiger partial charge >= 0.3 is 0 Å². The highest BCUT2D eigenvalue weighted by atomic mass is 32.2. The molecule has 18 heavy (non-hydrogen) atoms. The second-order valence-corrected chi connectivity index (χ2v) is 6.15. The fraction of sp³-hybridized carbons (Fsp3) is 0.417. The number of hydrogen-bond donors (Lipinski definition) is 1. The zero-order chi connectivity index (χ0) is 13.1. The molecule has 2 rings (SSSR count). The van der Waals surface area contributed by atoms with Crippen LogP contribution in [0.3, 0.4) is 0 Å². The van der Waals surface area contributed by atoms with Crippen molar-refractivity contribution in [3.8, 4) is 5.75 Å². The van der Waals surface area contributed by atoms with Crippen molar-refractivity contribution in [2.45, 2.75) is 13.5 Å². The largest absolute Gasteiger partial charge is 0.497 e. The van der Waals surface area contributed by atoms with Gasteiger partial charge in [0.2, 0.25) is 0 Å². The second kappa shape index (κ2) is 5.67. The molecule has 0 aliphatic heterocycles. The molecule has 2 aromatic rings. The average Bonchev–Trinajstić information content (AvgIpc) is 2.70. The lowest BCUT2D eigenvalue weighted by Gasteiger charge is -2.05. The number of aryl methyl sites for hydroxylation is 1. The zero-order valence-electron chi connectivity index (χ0n) is 10.4. The van der Waals surface area contributed by atoms with Crippen LogP contribution < -0.4 is 4.74 Å². The topological polar surface area (TPSA) is 47.0 Å². The average molecular weight is 284 g/mol. The summed E-state index contributed by atoms with van der Waals surface area (Å²) in [5.74, 6) is 2.09. The maximum absolute atomic E-state index is 11.5. The van der Waals surface area contributed by atoms with Gasteiger partial charge in [0.1, 0.15) is 5.75 Å². The summed E-state index contributed by atoms with van der Waals surface area (Å²) in [6.07, 6.45) is 0.